The van der Waals surface area contributed by atoms with Crippen molar-refractivity contribution in [2.45, 2.75) is 71.0 Å². The molecule has 0 saturated heterocycles. The summed E-state index contributed by atoms with van der Waals surface area (Å²) in [6.07, 6.45) is 3.25. The third kappa shape index (κ3) is 5.88. The van der Waals surface area contributed by atoms with Crippen molar-refractivity contribution in [1.29, 1.82) is 0 Å². The first-order valence-electron chi connectivity index (χ1n) is 12.2. The maximum atomic E-state index is 12.8. The van der Waals surface area contributed by atoms with Crippen LogP contribution in [0, 0.1) is 5.92 Å². The zero-order valence-corrected chi connectivity index (χ0v) is 23.9. The number of allylic oxidation sites excluding steroid dienone is 3. The van der Waals surface area contributed by atoms with E-state index in [0.29, 0.717) is 22.1 Å². The van der Waals surface area contributed by atoms with Crippen molar-refractivity contribution in [3.8, 4) is 0 Å². The number of aliphatic imine (C=N–C) groups is 1. The highest BCUT2D eigenvalue weighted by Crippen LogP contribution is 2.47. The number of benzene rings is 1. The molecule has 0 radical (unpaired) electrons. The third-order valence-electron chi connectivity index (χ3n) is 6.30. The highest BCUT2D eigenvalue weighted by atomic mass is 35.5. The van der Waals surface area contributed by atoms with Crippen LogP contribution in [0.2, 0.25) is 5.02 Å². The fourth-order valence-corrected chi connectivity index (χ4v) is 5.26. The number of hydrogen-bond acceptors (Lipinski definition) is 5. The molecule has 1 N–H and O–H groups in total. The lowest BCUT2D eigenvalue weighted by molar-refractivity contribution is -0.132. The van der Waals surface area contributed by atoms with Gasteiger partial charge in [0.25, 0.3) is 0 Å². The van der Waals surface area contributed by atoms with E-state index in [-0.39, 0.29) is 23.8 Å². The van der Waals surface area contributed by atoms with Crippen LogP contribution in [0.4, 0.5) is 10.5 Å². The quantitative estimate of drug-likeness (QED) is 0.294. The van der Waals surface area contributed by atoms with Crippen LogP contribution in [-0.4, -0.2) is 52.0 Å². The minimum Gasteiger partial charge on any atom is -0.478 e. The van der Waals surface area contributed by atoms with Crippen LogP contribution < -0.4 is 4.90 Å². The van der Waals surface area contributed by atoms with Crippen molar-refractivity contribution in [3.63, 3.8) is 0 Å². The molecule has 1 amide bonds. The van der Waals surface area contributed by atoms with Crippen LogP contribution in [-0.2, 0) is 9.53 Å². The van der Waals surface area contributed by atoms with Gasteiger partial charge in [-0.25, -0.2) is 9.59 Å². The molecular formula is C28H35Cl2N3O4. The Balaban J connectivity index is 2.14. The topological polar surface area (TPSA) is 82.4 Å². The Morgan fingerprint density at radius 3 is 2.46 bits per heavy atom. The van der Waals surface area contributed by atoms with Gasteiger partial charge in [-0.2, -0.15) is 0 Å². The molecule has 0 aromatic heterocycles. The van der Waals surface area contributed by atoms with Crippen molar-refractivity contribution in [2.24, 2.45) is 10.9 Å². The first-order valence-corrected chi connectivity index (χ1v) is 13.0. The number of fused-ring (bicyclic) bond motifs is 1. The SMILES string of the molecule is C=C/C=C(\C(C)Cl)[C@@H]1[C@H](c2ccc(Cl)c(N(C)C(=O)OC(C)(C)C)c2)N=C2CC(C(=O)O)=C(C(C)C)N21. The van der Waals surface area contributed by atoms with Gasteiger partial charge in [-0.3, -0.25) is 9.89 Å². The fourth-order valence-electron chi connectivity index (χ4n) is 4.81. The number of carbonyl (C=O) groups excluding carboxylic acids is 1. The zero-order valence-electron chi connectivity index (χ0n) is 22.4. The molecule has 0 saturated carbocycles. The molecule has 3 rings (SSSR count). The van der Waals surface area contributed by atoms with Crippen molar-refractivity contribution in [2.75, 3.05) is 11.9 Å². The number of rotatable bonds is 7. The lowest BCUT2D eigenvalue weighted by Gasteiger charge is -2.34. The summed E-state index contributed by atoms with van der Waals surface area (Å²) in [4.78, 5) is 33.3. The minimum absolute atomic E-state index is 0.0465. The van der Waals surface area contributed by atoms with Crippen LogP contribution in [0.3, 0.4) is 0 Å². The van der Waals surface area contributed by atoms with E-state index in [1.807, 2.05) is 43.9 Å². The lowest BCUT2D eigenvalue weighted by atomic mass is 9.90. The van der Waals surface area contributed by atoms with E-state index >= 15 is 0 Å². The molecule has 37 heavy (non-hydrogen) atoms. The molecule has 1 aromatic rings. The van der Waals surface area contributed by atoms with Gasteiger partial charge in [-0.1, -0.05) is 50.2 Å². The molecule has 1 aromatic carbocycles. The predicted molar refractivity (Wildman–Crippen MR) is 150 cm³/mol. The second-order valence-corrected chi connectivity index (χ2v) is 11.6. The molecule has 0 spiro atoms. The van der Waals surface area contributed by atoms with Gasteiger partial charge in [0.2, 0.25) is 0 Å². The highest BCUT2D eigenvalue weighted by Gasteiger charge is 2.47. The second kappa shape index (κ2) is 10.9. The standard InChI is InChI=1S/C28H35Cl2N3O4/c1-9-10-18(16(4)29)25-23(31-22-14-19(26(34)35)24(15(2)3)33(22)25)17-11-12-20(30)21(13-17)32(8)27(36)37-28(5,6)7/h9-13,15-16,23,25H,1,14H2,2-8H3,(H,34,35)/b18-10+/t16?,23-,25+/m0/s1. The number of hydrogen-bond donors (Lipinski definition) is 1. The van der Waals surface area contributed by atoms with Crippen LogP contribution in [0.15, 0.2) is 58.8 Å². The molecule has 7 nitrogen and oxygen atoms in total. The Labute approximate surface area is 229 Å². The number of aliphatic carboxylic acids is 1. The number of carboxylic acids is 1. The summed E-state index contributed by atoms with van der Waals surface area (Å²) in [5.41, 5.74) is 2.57. The van der Waals surface area contributed by atoms with Gasteiger partial charge in [0.15, 0.2) is 0 Å². The van der Waals surface area contributed by atoms with Gasteiger partial charge in [0, 0.05) is 19.2 Å². The number of halogens is 2. The van der Waals surface area contributed by atoms with Crippen LogP contribution in [0.25, 0.3) is 0 Å². The molecule has 1 unspecified atom stereocenters. The van der Waals surface area contributed by atoms with Crippen LogP contribution in [0.1, 0.15) is 59.6 Å². The molecule has 200 valence electrons. The minimum atomic E-state index is -0.947. The van der Waals surface area contributed by atoms with Crippen molar-refractivity contribution in [1.82, 2.24) is 4.90 Å². The number of anilines is 1. The van der Waals surface area contributed by atoms with Crippen molar-refractivity contribution >= 4 is 46.8 Å². The number of alkyl halides is 1. The van der Waals surface area contributed by atoms with E-state index < -0.39 is 23.7 Å². The largest absolute Gasteiger partial charge is 0.478 e. The summed E-state index contributed by atoms with van der Waals surface area (Å²) < 4.78 is 5.53. The first-order chi connectivity index (χ1) is 17.2. The summed E-state index contributed by atoms with van der Waals surface area (Å²) in [7, 11) is 1.61. The lowest BCUT2D eigenvalue weighted by Crippen LogP contribution is -2.39. The van der Waals surface area contributed by atoms with Gasteiger partial charge in [0.1, 0.15) is 17.5 Å². The highest BCUT2D eigenvalue weighted by molar-refractivity contribution is 6.33. The number of ether oxygens (including phenoxy) is 1. The molecule has 0 aliphatic carbocycles. The summed E-state index contributed by atoms with van der Waals surface area (Å²) in [5, 5.41) is 9.94. The molecule has 0 fully saturated rings. The van der Waals surface area contributed by atoms with Crippen molar-refractivity contribution < 1.29 is 19.4 Å². The Morgan fingerprint density at radius 1 is 1.30 bits per heavy atom. The van der Waals surface area contributed by atoms with Gasteiger partial charge < -0.3 is 14.7 Å². The zero-order chi connectivity index (χ0) is 27.8. The van der Waals surface area contributed by atoms with Gasteiger partial charge in [-0.05, 0) is 56.9 Å². The van der Waals surface area contributed by atoms with Gasteiger partial charge in [0.05, 0.1) is 27.7 Å². The number of carboxylic acid groups (broad SMARTS) is 1. The molecule has 2 aliphatic rings. The van der Waals surface area contributed by atoms with E-state index in [4.69, 9.17) is 32.9 Å². The normalized spacial score (nSPS) is 20.6. The average molecular weight is 549 g/mol. The van der Waals surface area contributed by atoms with E-state index in [1.165, 1.54) is 4.90 Å². The Bertz CT molecular complexity index is 1190. The number of nitrogens with zero attached hydrogens (tertiary/aromatic N) is 3. The summed E-state index contributed by atoms with van der Waals surface area (Å²) >= 11 is 13.2. The average Bonchev–Trinajstić information content (AvgIpc) is 3.32. The van der Waals surface area contributed by atoms with E-state index in [9.17, 15) is 14.7 Å². The van der Waals surface area contributed by atoms with E-state index in [0.717, 1.165) is 16.8 Å². The van der Waals surface area contributed by atoms with Gasteiger partial charge in [-0.15, -0.1) is 11.6 Å². The van der Waals surface area contributed by atoms with Crippen LogP contribution in [0.5, 0.6) is 0 Å². The van der Waals surface area contributed by atoms with Gasteiger partial charge >= 0.3 is 12.1 Å². The van der Waals surface area contributed by atoms with Crippen LogP contribution >= 0.6 is 23.2 Å². The second-order valence-electron chi connectivity index (χ2n) is 10.6. The summed E-state index contributed by atoms with van der Waals surface area (Å²) in [6, 6.07) is 4.67. The molecule has 9 heteroatoms. The predicted octanol–water partition coefficient (Wildman–Crippen LogP) is 6.97. The maximum absolute atomic E-state index is 12.8. The number of amidine groups is 1. The van der Waals surface area contributed by atoms with Crippen molar-refractivity contribution in [3.05, 3.63) is 64.4 Å². The molecule has 0 bridgehead atoms. The number of amides is 1. The number of carbonyl (C=O) groups is 2. The Morgan fingerprint density at radius 2 is 1.95 bits per heavy atom. The maximum Gasteiger partial charge on any atom is 0.414 e. The molecule has 2 aliphatic heterocycles. The Kier molecular flexibility index (Phi) is 8.50. The monoisotopic (exact) mass is 547 g/mol. The van der Waals surface area contributed by atoms with E-state index in [1.54, 1.807) is 40.0 Å². The first kappa shape index (κ1) is 28.8. The Hall–Kier alpha value is -2.77. The summed E-state index contributed by atoms with van der Waals surface area (Å²) in [6.45, 7) is 15.1. The third-order valence-corrected chi connectivity index (χ3v) is 6.88. The molecule has 2 heterocycles. The molecule has 3 atom stereocenters. The fraction of sp³-hybridized carbons (Fsp3) is 0.464. The summed E-state index contributed by atoms with van der Waals surface area (Å²) in [5.74, 6) is -0.313. The molecular weight excluding hydrogens is 513 g/mol. The van der Waals surface area contributed by atoms with E-state index in [2.05, 4.69) is 6.58 Å². The smallest absolute Gasteiger partial charge is 0.414 e.